The molecule has 0 aliphatic rings. The molecule has 0 N–H and O–H groups in total. The summed E-state index contributed by atoms with van der Waals surface area (Å²) in [7, 11) is -4.60. The van der Waals surface area contributed by atoms with Crippen molar-refractivity contribution in [1.82, 2.24) is 0 Å². The second-order valence-corrected chi connectivity index (χ2v) is 11.1. The maximum absolute atomic E-state index is 10.4. The van der Waals surface area contributed by atoms with Crippen LogP contribution in [0, 0.1) is 0 Å². The fourth-order valence-electron chi connectivity index (χ4n) is 0.469. The zero-order chi connectivity index (χ0) is 9.83. The Kier molecular flexibility index (Phi) is 4.39. The van der Waals surface area contributed by atoms with Crippen molar-refractivity contribution >= 4 is 18.2 Å². The molecule has 0 aromatic heterocycles. The first kappa shape index (κ1) is 12.1. The van der Waals surface area contributed by atoms with Crippen LogP contribution in [0.1, 0.15) is 0 Å². The summed E-state index contributed by atoms with van der Waals surface area (Å²) in [6.45, 7) is 6.88. The second-order valence-electron chi connectivity index (χ2n) is 3.90. The van der Waals surface area contributed by atoms with Gasteiger partial charge in [0.2, 0.25) is 0 Å². The van der Waals surface area contributed by atoms with Crippen molar-refractivity contribution < 1.29 is 17.6 Å². The highest BCUT2D eigenvalue weighted by molar-refractivity contribution is 7.85. The van der Waals surface area contributed by atoms with Crippen LogP contribution < -0.4 is 0 Å². The van der Waals surface area contributed by atoms with Crippen LogP contribution in [0.5, 0.6) is 0 Å². The molecule has 0 aliphatic carbocycles. The number of hydrogen-bond donors (Lipinski definition) is 0. The second kappa shape index (κ2) is 4.36. The van der Waals surface area contributed by atoms with E-state index in [0.29, 0.717) is 6.61 Å². The minimum atomic E-state index is -3.45. The fraction of sp³-hybridized carbons (Fsp3) is 1.00. The zero-order valence-electron chi connectivity index (χ0n) is 7.96. The zero-order valence-corrected chi connectivity index (χ0v) is 9.77. The van der Waals surface area contributed by atoms with E-state index in [0.717, 1.165) is 12.3 Å². The third-order valence-corrected chi connectivity index (χ3v) is 3.15. The number of rotatable bonds is 5. The Balaban J connectivity index is 3.48. The van der Waals surface area contributed by atoms with Crippen molar-refractivity contribution in [3.63, 3.8) is 0 Å². The monoisotopic (exact) mass is 212 g/mol. The van der Waals surface area contributed by atoms with E-state index in [1.807, 2.05) is 0 Å². The lowest BCUT2D eigenvalue weighted by atomic mass is 10.9. The Labute approximate surface area is 74.9 Å². The van der Waals surface area contributed by atoms with E-state index < -0.39 is 18.2 Å². The molecule has 0 saturated carbocycles. The summed E-state index contributed by atoms with van der Waals surface area (Å²) in [5.41, 5.74) is 0. The molecule has 0 bridgehead atoms. The van der Waals surface area contributed by atoms with E-state index in [1.165, 1.54) is 0 Å². The lowest BCUT2D eigenvalue weighted by Gasteiger charge is -2.13. The van der Waals surface area contributed by atoms with Crippen molar-refractivity contribution in [2.45, 2.75) is 25.7 Å². The van der Waals surface area contributed by atoms with Gasteiger partial charge in [-0.05, 0) is 6.04 Å². The predicted molar refractivity (Wildman–Crippen MR) is 50.0 cm³/mol. The molecule has 0 rings (SSSR count). The molecule has 0 radical (unpaired) electrons. The molecular formula is C6H16O4SSi. The summed E-state index contributed by atoms with van der Waals surface area (Å²) in [6, 6.07) is 0.891. The highest BCUT2D eigenvalue weighted by atomic mass is 32.2. The maximum Gasteiger partial charge on any atom is 0.290 e. The third-order valence-electron chi connectivity index (χ3n) is 1.11. The highest BCUT2D eigenvalue weighted by Crippen LogP contribution is 2.07. The quantitative estimate of drug-likeness (QED) is 0.298. The van der Waals surface area contributed by atoms with E-state index in [1.54, 1.807) is 0 Å². The molecule has 0 heterocycles. The van der Waals surface area contributed by atoms with Crippen LogP contribution in [0.3, 0.4) is 0 Å². The molecule has 0 saturated heterocycles. The van der Waals surface area contributed by atoms with E-state index in [9.17, 15) is 8.42 Å². The van der Waals surface area contributed by atoms with Crippen LogP contribution in [0.4, 0.5) is 0 Å². The minimum Gasteiger partial charge on any atom is -0.220 e. The average Bonchev–Trinajstić information content (AvgIpc) is 1.76. The molecule has 0 aromatic carbocycles. The van der Waals surface area contributed by atoms with Gasteiger partial charge >= 0.3 is 0 Å². The van der Waals surface area contributed by atoms with Gasteiger partial charge in [-0.25, -0.2) is 4.89 Å². The summed E-state index contributed by atoms with van der Waals surface area (Å²) in [5.74, 6) is 0. The van der Waals surface area contributed by atoms with Gasteiger partial charge < -0.3 is 0 Å². The largest absolute Gasteiger partial charge is 0.290 e. The summed E-state index contributed by atoms with van der Waals surface area (Å²) >= 11 is 0. The minimum absolute atomic E-state index is 0.350. The predicted octanol–water partition coefficient (Wildman–Crippen LogP) is 1.23. The first-order valence-electron chi connectivity index (χ1n) is 3.72. The Morgan fingerprint density at radius 1 is 1.25 bits per heavy atom. The topological polar surface area (TPSA) is 52.6 Å². The lowest BCUT2D eigenvalue weighted by molar-refractivity contribution is -0.196. The Hall–Kier alpha value is 0.0869. The van der Waals surface area contributed by atoms with Crippen LogP contribution in [-0.2, 0) is 19.3 Å². The standard InChI is InChI=1S/C6H16O4SSi/c1-11(7,8)10-9-5-6-12(2,3)4/h5-6H2,1-4H3. The molecule has 0 fully saturated rings. The first-order valence-corrected chi connectivity index (χ1v) is 9.24. The molecule has 0 aromatic rings. The molecule has 0 amide bonds. The molecule has 0 atom stereocenters. The number of hydrogen-bond acceptors (Lipinski definition) is 4. The van der Waals surface area contributed by atoms with Crippen molar-refractivity contribution in [1.29, 1.82) is 0 Å². The molecule has 0 spiro atoms. The van der Waals surface area contributed by atoms with Crippen molar-refractivity contribution in [3.05, 3.63) is 0 Å². The van der Waals surface area contributed by atoms with Gasteiger partial charge in [0.05, 0.1) is 12.9 Å². The van der Waals surface area contributed by atoms with Crippen molar-refractivity contribution in [3.8, 4) is 0 Å². The van der Waals surface area contributed by atoms with Crippen molar-refractivity contribution in [2.24, 2.45) is 0 Å². The fourth-order valence-corrected chi connectivity index (χ4v) is 1.41. The van der Waals surface area contributed by atoms with Crippen molar-refractivity contribution in [2.75, 3.05) is 12.9 Å². The summed E-state index contributed by atoms with van der Waals surface area (Å²) < 4.78 is 25.0. The van der Waals surface area contributed by atoms with Gasteiger partial charge in [-0.1, -0.05) is 19.6 Å². The van der Waals surface area contributed by atoms with Crippen LogP contribution in [0.25, 0.3) is 0 Å². The first-order chi connectivity index (χ1) is 5.21. The Morgan fingerprint density at radius 2 is 1.75 bits per heavy atom. The van der Waals surface area contributed by atoms with Crippen LogP contribution in [0.15, 0.2) is 0 Å². The summed E-state index contributed by atoms with van der Waals surface area (Å²) in [4.78, 5) is 4.52. The van der Waals surface area contributed by atoms with Gasteiger partial charge in [-0.2, -0.15) is 8.42 Å². The summed E-state index contributed by atoms with van der Waals surface area (Å²) in [5, 5.41) is 0. The van der Waals surface area contributed by atoms with E-state index in [-0.39, 0.29) is 0 Å². The molecule has 4 nitrogen and oxygen atoms in total. The SMILES string of the molecule is C[Si](C)(C)CCOOS(C)(=O)=O. The third kappa shape index (κ3) is 10.1. The Morgan fingerprint density at radius 3 is 2.08 bits per heavy atom. The summed E-state index contributed by atoms with van der Waals surface area (Å²) in [6.07, 6.45) is 0.960. The average molecular weight is 212 g/mol. The molecule has 74 valence electrons. The van der Waals surface area contributed by atoms with E-state index >= 15 is 0 Å². The van der Waals surface area contributed by atoms with Gasteiger partial charge in [-0.15, -0.1) is 4.33 Å². The molecule has 0 aliphatic heterocycles. The Bertz CT molecular complexity index is 216. The van der Waals surface area contributed by atoms with Crippen LogP contribution in [0.2, 0.25) is 25.7 Å². The molecule has 6 heteroatoms. The highest BCUT2D eigenvalue weighted by Gasteiger charge is 2.13. The normalized spacial score (nSPS) is 13.3. The maximum atomic E-state index is 10.4. The molecular weight excluding hydrogens is 196 g/mol. The van der Waals surface area contributed by atoms with Crippen LogP contribution in [-0.4, -0.2) is 29.4 Å². The van der Waals surface area contributed by atoms with Gasteiger partial charge in [0, 0.05) is 8.07 Å². The van der Waals surface area contributed by atoms with Crippen LogP contribution >= 0.6 is 0 Å². The van der Waals surface area contributed by atoms with E-state index in [4.69, 9.17) is 0 Å². The van der Waals surface area contributed by atoms with Gasteiger partial charge in [0.1, 0.15) is 0 Å². The van der Waals surface area contributed by atoms with Gasteiger partial charge in [0.15, 0.2) is 0 Å². The molecule has 0 unspecified atom stereocenters. The molecule has 12 heavy (non-hydrogen) atoms. The van der Waals surface area contributed by atoms with Gasteiger partial charge in [0.25, 0.3) is 10.1 Å². The smallest absolute Gasteiger partial charge is 0.220 e. The van der Waals surface area contributed by atoms with E-state index in [2.05, 4.69) is 28.9 Å². The lowest BCUT2D eigenvalue weighted by Crippen LogP contribution is -2.22. The van der Waals surface area contributed by atoms with Gasteiger partial charge in [-0.3, -0.25) is 0 Å².